The van der Waals surface area contributed by atoms with Gasteiger partial charge in [0.2, 0.25) is 0 Å². The van der Waals surface area contributed by atoms with Crippen LogP contribution in [0.2, 0.25) is 5.02 Å². The molecule has 0 amide bonds. The summed E-state index contributed by atoms with van der Waals surface area (Å²) < 4.78 is 0. The maximum Gasteiger partial charge on any atom is 0.0473 e. The maximum absolute atomic E-state index is 6.32. The highest BCUT2D eigenvalue weighted by molar-refractivity contribution is 6.32. The first kappa shape index (κ1) is 12.3. The van der Waals surface area contributed by atoms with E-state index >= 15 is 0 Å². The molecule has 0 unspecified atom stereocenters. The molecule has 1 rings (SSSR count). The molecule has 0 heterocycles. The van der Waals surface area contributed by atoms with E-state index in [0.29, 0.717) is 0 Å². The molecular formula is C14H19Cl. The Morgan fingerprint density at radius 1 is 1.33 bits per heavy atom. The lowest BCUT2D eigenvalue weighted by Gasteiger charge is -2.11. The number of aryl methyl sites for hydroxylation is 1. The van der Waals surface area contributed by atoms with Gasteiger partial charge in [0, 0.05) is 5.02 Å². The summed E-state index contributed by atoms with van der Waals surface area (Å²) in [6.07, 6.45) is 4.30. The first-order valence-electron chi connectivity index (χ1n) is 5.56. The second-order valence-electron chi connectivity index (χ2n) is 3.86. The zero-order valence-electron chi connectivity index (χ0n) is 10.0. The topological polar surface area (TPSA) is 0 Å². The molecule has 0 aliphatic rings. The van der Waals surface area contributed by atoms with Crippen LogP contribution in [0.3, 0.4) is 0 Å². The Kier molecular flexibility index (Phi) is 4.41. The number of allylic oxidation sites excluding steroid dienone is 2. The molecule has 0 atom stereocenters. The van der Waals surface area contributed by atoms with Gasteiger partial charge in [0.1, 0.15) is 0 Å². The molecule has 1 aromatic rings. The molecule has 0 spiro atoms. The molecule has 0 radical (unpaired) electrons. The minimum Gasteiger partial charge on any atom is -0.0837 e. The third kappa shape index (κ3) is 2.63. The van der Waals surface area contributed by atoms with Crippen LogP contribution in [0.1, 0.15) is 43.9 Å². The summed E-state index contributed by atoms with van der Waals surface area (Å²) >= 11 is 6.32. The minimum absolute atomic E-state index is 0.929. The summed E-state index contributed by atoms with van der Waals surface area (Å²) in [6.45, 7) is 8.54. The fraction of sp³-hybridized carbons (Fsp3) is 0.429. The van der Waals surface area contributed by atoms with Gasteiger partial charge in [0.25, 0.3) is 0 Å². The van der Waals surface area contributed by atoms with Gasteiger partial charge in [-0.2, -0.15) is 0 Å². The normalized spacial score (nSPS) is 11.9. The van der Waals surface area contributed by atoms with Crippen LogP contribution < -0.4 is 0 Å². The standard InChI is InChI=1S/C14H19Cl/c1-5-7-10(3)13-9-8-12(6-2)14(15)11(13)4/h7-9H,5-6H2,1-4H3/b10-7-. The molecular weight excluding hydrogens is 204 g/mol. The molecule has 0 aliphatic carbocycles. The molecule has 1 heteroatoms. The van der Waals surface area contributed by atoms with E-state index in [1.807, 2.05) is 0 Å². The monoisotopic (exact) mass is 222 g/mol. The van der Waals surface area contributed by atoms with Crippen LogP contribution in [-0.4, -0.2) is 0 Å². The molecule has 0 fully saturated rings. The minimum atomic E-state index is 0.929. The average molecular weight is 223 g/mol. The Morgan fingerprint density at radius 3 is 2.53 bits per heavy atom. The Labute approximate surface area is 98.0 Å². The van der Waals surface area contributed by atoms with Crippen LogP contribution >= 0.6 is 11.6 Å². The fourth-order valence-corrected chi connectivity index (χ4v) is 2.16. The third-order valence-electron chi connectivity index (χ3n) is 2.78. The third-order valence-corrected chi connectivity index (χ3v) is 3.31. The number of rotatable bonds is 3. The Bertz CT molecular complexity index is 375. The quantitative estimate of drug-likeness (QED) is 0.674. The lowest BCUT2D eigenvalue weighted by atomic mass is 9.98. The average Bonchev–Trinajstić information content (AvgIpc) is 2.22. The predicted molar refractivity (Wildman–Crippen MR) is 69.5 cm³/mol. The van der Waals surface area contributed by atoms with Gasteiger partial charge in [0.05, 0.1) is 0 Å². The fourth-order valence-electron chi connectivity index (χ4n) is 1.86. The van der Waals surface area contributed by atoms with Gasteiger partial charge in [-0.1, -0.05) is 43.7 Å². The van der Waals surface area contributed by atoms with E-state index in [1.54, 1.807) is 0 Å². The zero-order chi connectivity index (χ0) is 11.4. The zero-order valence-corrected chi connectivity index (χ0v) is 10.8. The van der Waals surface area contributed by atoms with Crippen LogP contribution in [0.5, 0.6) is 0 Å². The van der Waals surface area contributed by atoms with Crippen molar-refractivity contribution in [2.45, 2.75) is 40.5 Å². The van der Waals surface area contributed by atoms with Crippen LogP contribution in [0.25, 0.3) is 5.57 Å². The molecule has 0 bridgehead atoms. The van der Waals surface area contributed by atoms with Crippen molar-refractivity contribution in [3.05, 3.63) is 39.9 Å². The van der Waals surface area contributed by atoms with Crippen molar-refractivity contribution in [1.82, 2.24) is 0 Å². The van der Waals surface area contributed by atoms with Gasteiger partial charge in [-0.05, 0) is 49.0 Å². The van der Waals surface area contributed by atoms with E-state index in [0.717, 1.165) is 17.9 Å². The first-order chi connectivity index (χ1) is 7.11. The van der Waals surface area contributed by atoms with E-state index in [-0.39, 0.29) is 0 Å². The summed E-state index contributed by atoms with van der Waals surface area (Å²) in [5.41, 5.74) is 5.04. The van der Waals surface area contributed by atoms with Crippen LogP contribution in [0.15, 0.2) is 18.2 Å². The Hall–Kier alpha value is -0.750. The maximum atomic E-state index is 6.32. The Morgan fingerprint density at radius 2 is 2.00 bits per heavy atom. The van der Waals surface area contributed by atoms with Gasteiger partial charge in [0.15, 0.2) is 0 Å². The molecule has 82 valence electrons. The second-order valence-corrected chi connectivity index (χ2v) is 4.24. The molecule has 0 aliphatic heterocycles. The highest BCUT2D eigenvalue weighted by Gasteiger charge is 2.07. The van der Waals surface area contributed by atoms with E-state index in [1.165, 1.54) is 22.3 Å². The van der Waals surface area contributed by atoms with Crippen LogP contribution in [-0.2, 0) is 6.42 Å². The number of halogens is 1. The lowest BCUT2D eigenvalue weighted by Crippen LogP contribution is -1.92. The molecule has 1 aromatic carbocycles. The van der Waals surface area contributed by atoms with Crippen molar-refractivity contribution in [3.8, 4) is 0 Å². The van der Waals surface area contributed by atoms with Crippen LogP contribution in [0, 0.1) is 6.92 Å². The first-order valence-corrected chi connectivity index (χ1v) is 5.94. The van der Waals surface area contributed by atoms with Crippen LogP contribution in [0.4, 0.5) is 0 Å². The number of benzene rings is 1. The highest BCUT2D eigenvalue weighted by Crippen LogP contribution is 2.28. The summed E-state index contributed by atoms with van der Waals surface area (Å²) in [4.78, 5) is 0. The predicted octanol–water partition coefficient (Wildman–Crippen LogP) is 5.02. The molecule has 0 N–H and O–H groups in total. The van der Waals surface area contributed by atoms with Gasteiger partial charge in [-0.3, -0.25) is 0 Å². The van der Waals surface area contributed by atoms with Crippen molar-refractivity contribution >= 4 is 17.2 Å². The summed E-state index contributed by atoms with van der Waals surface area (Å²) in [5, 5.41) is 0.929. The summed E-state index contributed by atoms with van der Waals surface area (Å²) in [6, 6.07) is 4.32. The smallest absolute Gasteiger partial charge is 0.0473 e. The summed E-state index contributed by atoms with van der Waals surface area (Å²) in [7, 11) is 0. The van der Waals surface area contributed by atoms with Crippen molar-refractivity contribution < 1.29 is 0 Å². The van der Waals surface area contributed by atoms with E-state index in [4.69, 9.17) is 11.6 Å². The highest BCUT2D eigenvalue weighted by atomic mass is 35.5. The Balaban J connectivity index is 3.23. The lowest BCUT2D eigenvalue weighted by molar-refractivity contribution is 1.13. The molecule has 0 saturated heterocycles. The van der Waals surface area contributed by atoms with Crippen molar-refractivity contribution in [2.24, 2.45) is 0 Å². The van der Waals surface area contributed by atoms with Gasteiger partial charge in [-0.15, -0.1) is 0 Å². The van der Waals surface area contributed by atoms with E-state index in [2.05, 4.69) is 45.9 Å². The molecule has 0 saturated carbocycles. The number of hydrogen-bond acceptors (Lipinski definition) is 0. The van der Waals surface area contributed by atoms with Crippen molar-refractivity contribution in [1.29, 1.82) is 0 Å². The molecule has 15 heavy (non-hydrogen) atoms. The SMILES string of the molecule is CC/C=C(/C)c1ccc(CC)c(Cl)c1C. The van der Waals surface area contributed by atoms with Crippen molar-refractivity contribution in [3.63, 3.8) is 0 Å². The van der Waals surface area contributed by atoms with Gasteiger partial charge < -0.3 is 0 Å². The van der Waals surface area contributed by atoms with E-state index in [9.17, 15) is 0 Å². The van der Waals surface area contributed by atoms with Gasteiger partial charge >= 0.3 is 0 Å². The molecule has 0 nitrogen and oxygen atoms in total. The second kappa shape index (κ2) is 5.37. The largest absolute Gasteiger partial charge is 0.0837 e. The van der Waals surface area contributed by atoms with E-state index < -0.39 is 0 Å². The molecule has 0 aromatic heterocycles. The number of hydrogen-bond donors (Lipinski definition) is 0. The summed E-state index contributed by atoms with van der Waals surface area (Å²) in [5.74, 6) is 0. The van der Waals surface area contributed by atoms with Crippen molar-refractivity contribution in [2.75, 3.05) is 0 Å². The van der Waals surface area contributed by atoms with Gasteiger partial charge in [-0.25, -0.2) is 0 Å².